The van der Waals surface area contributed by atoms with Crippen molar-refractivity contribution < 1.29 is 23.1 Å². The summed E-state index contributed by atoms with van der Waals surface area (Å²) in [5, 5.41) is 5.34. The van der Waals surface area contributed by atoms with Crippen molar-refractivity contribution in [2.24, 2.45) is 11.7 Å². The van der Waals surface area contributed by atoms with Crippen molar-refractivity contribution in [3.63, 3.8) is 0 Å². The van der Waals surface area contributed by atoms with E-state index in [0.717, 1.165) is 42.6 Å². The van der Waals surface area contributed by atoms with E-state index in [9.17, 15) is 18.4 Å². The summed E-state index contributed by atoms with van der Waals surface area (Å²) in [6.45, 7) is 2.03. The molecule has 1 saturated carbocycles. The lowest BCUT2D eigenvalue weighted by Crippen LogP contribution is -2.30. The topological polar surface area (TPSA) is 106 Å². The van der Waals surface area contributed by atoms with Gasteiger partial charge in [-0.1, -0.05) is 0 Å². The Kier molecular flexibility index (Phi) is 5.54. The Hall–Kier alpha value is -2.75. The largest absolute Gasteiger partial charge is 0.468 e. The number of nitrogens with one attached hydrogen (secondary N) is 2. The first-order chi connectivity index (χ1) is 12.8. The number of hydrogen-bond donors (Lipinski definition) is 3. The summed E-state index contributed by atoms with van der Waals surface area (Å²) in [4.78, 5) is 23.7. The van der Waals surface area contributed by atoms with Crippen LogP contribution in [0.15, 0.2) is 18.2 Å². The van der Waals surface area contributed by atoms with Gasteiger partial charge in [0.1, 0.15) is 28.3 Å². The van der Waals surface area contributed by atoms with Crippen molar-refractivity contribution in [3.05, 3.63) is 41.0 Å². The molecule has 27 heavy (non-hydrogen) atoms. The summed E-state index contributed by atoms with van der Waals surface area (Å²) in [7, 11) is 0. The van der Waals surface area contributed by atoms with Gasteiger partial charge in [-0.05, 0) is 55.4 Å². The molecule has 7 nitrogen and oxygen atoms in total. The summed E-state index contributed by atoms with van der Waals surface area (Å²) >= 11 is 0.812. The standard InChI is InChI=1S/C17H18F2N4O3S/c1-8(11-6-10(18)4-5-12(11)19)26-15-13(14(20)24)16(27-23-15)22-17(25)21-7-9-2-3-9/h4-6,8-9H,2-3,7H2,1H3,(H2,20,24)(H2,21,22,25). The third kappa shape index (κ3) is 4.70. The van der Waals surface area contributed by atoms with Crippen LogP contribution in [0.3, 0.4) is 0 Å². The first kappa shape index (κ1) is 19.0. The summed E-state index contributed by atoms with van der Waals surface area (Å²) in [6.07, 6.45) is 1.23. The first-order valence-corrected chi connectivity index (χ1v) is 9.08. The van der Waals surface area contributed by atoms with Gasteiger partial charge in [0, 0.05) is 12.1 Å². The molecule has 0 saturated heterocycles. The number of amides is 3. The van der Waals surface area contributed by atoms with E-state index < -0.39 is 29.7 Å². The van der Waals surface area contributed by atoms with E-state index in [-0.39, 0.29) is 22.0 Å². The molecule has 1 atom stereocenters. The molecule has 3 amide bonds. The molecule has 2 aromatic rings. The average Bonchev–Trinajstić information content (AvgIpc) is 3.36. The molecule has 1 aliphatic rings. The van der Waals surface area contributed by atoms with Crippen LogP contribution in [0.25, 0.3) is 0 Å². The molecule has 10 heteroatoms. The Balaban J connectivity index is 1.74. The van der Waals surface area contributed by atoms with Crippen LogP contribution in [-0.4, -0.2) is 22.9 Å². The molecule has 0 spiro atoms. The van der Waals surface area contributed by atoms with Gasteiger partial charge in [-0.2, -0.15) is 4.37 Å². The molecule has 0 bridgehead atoms. The molecule has 1 aromatic heterocycles. The van der Waals surface area contributed by atoms with E-state index in [2.05, 4.69) is 15.0 Å². The van der Waals surface area contributed by atoms with Crippen molar-refractivity contribution >= 4 is 28.5 Å². The van der Waals surface area contributed by atoms with Crippen LogP contribution in [0, 0.1) is 17.6 Å². The highest BCUT2D eigenvalue weighted by Crippen LogP contribution is 2.34. The minimum Gasteiger partial charge on any atom is -0.468 e. The van der Waals surface area contributed by atoms with Gasteiger partial charge in [0.2, 0.25) is 5.88 Å². The molecule has 1 fully saturated rings. The van der Waals surface area contributed by atoms with Crippen molar-refractivity contribution in [2.75, 3.05) is 11.9 Å². The Bertz CT molecular complexity index is 870. The molecule has 3 rings (SSSR count). The fourth-order valence-corrected chi connectivity index (χ4v) is 3.15. The van der Waals surface area contributed by atoms with Gasteiger partial charge < -0.3 is 15.8 Å². The second kappa shape index (κ2) is 7.87. The van der Waals surface area contributed by atoms with E-state index >= 15 is 0 Å². The number of carbonyl (C=O) groups excluding carboxylic acids is 2. The fraction of sp³-hybridized carbons (Fsp3) is 0.353. The molecule has 0 aliphatic heterocycles. The number of ether oxygens (including phenoxy) is 1. The zero-order valence-corrected chi connectivity index (χ0v) is 15.2. The molecular weight excluding hydrogens is 378 g/mol. The molecule has 1 unspecified atom stereocenters. The highest BCUT2D eigenvalue weighted by molar-refractivity contribution is 7.11. The fourth-order valence-electron chi connectivity index (χ4n) is 2.42. The molecule has 144 valence electrons. The van der Waals surface area contributed by atoms with Gasteiger partial charge in [-0.15, -0.1) is 0 Å². The lowest BCUT2D eigenvalue weighted by molar-refractivity contribution is 0.0994. The van der Waals surface area contributed by atoms with Crippen molar-refractivity contribution in [3.8, 4) is 5.88 Å². The van der Waals surface area contributed by atoms with Gasteiger partial charge in [0.25, 0.3) is 5.91 Å². The van der Waals surface area contributed by atoms with Gasteiger partial charge >= 0.3 is 6.03 Å². The number of primary amides is 1. The minimum atomic E-state index is -0.933. The Morgan fingerprint density at radius 1 is 1.41 bits per heavy atom. The number of nitrogens with zero attached hydrogens (tertiary/aromatic N) is 1. The predicted octanol–water partition coefficient (Wildman–Crippen LogP) is 3.19. The lowest BCUT2D eigenvalue weighted by Gasteiger charge is -2.15. The molecular formula is C17H18F2N4O3S. The monoisotopic (exact) mass is 396 g/mol. The smallest absolute Gasteiger partial charge is 0.319 e. The first-order valence-electron chi connectivity index (χ1n) is 8.31. The van der Waals surface area contributed by atoms with Gasteiger partial charge in [0.05, 0.1) is 0 Å². The van der Waals surface area contributed by atoms with Crippen LogP contribution in [-0.2, 0) is 0 Å². The van der Waals surface area contributed by atoms with Crippen LogP contribution in [0.4, 0.5) is 18.6 Å². The van der Waals surface area contributed by atoms with Crippen LogP contribution in [0.5, 0.6) is 5.88 Å². The Labute approximate surface area is 158 Å². The van der Waals surface area contributed by atoms with Crippen LogP contribution < -0.4 is 21.1 Å². The van der Waals surface area contributed by atoms with Crippen molar-refractivity contribution in [2.45, 2.75) is 25.9 Å². The van der Waals surface area contributed by atoms with E-state index in [1.165, 1.54) is 6.92 Å². The van der Waals surface area contributed by atoms with Crippen LogP contribution in [0.1, 0.15) is 41.8 Å². The summed E-state index contributed by atoms with van der Waals surface area (Å²) in [5.74, 6) is -1.79. The molecule has 1 aliphatic carbocycles. The number of aromatic nitrogens is 1. The lowest BCUT2D eigenvalue weighted by atomic mass is 10.1. The quantitative estimate of drug-likeness (QED) is 0.668. The summed E-state index contributed by atoms with van der Waals surface area (Å²) < 4.78 is 36.8. The maximum absolute atomic E-state index is 13.9. The SMILES string of the molecule is CC(Oc1nsc(NC(=O)NCC2CC2)c1C(N)=O)c1cc(F)ccc1F. The molecule has 4 N–H and O–H groups in total. The number of hydrogen-bond acceptors (Lipinski definition) is 5. The van der Waals surface area contributed by atoms with Gasteiger partial charge in [-0.25, -0.2) is 13.6 Å². The zero-order valence-electron chi connectivity index (χ0n) is 14.4. The molecule has 0 radical (unpaired) electrons. The number of halogens is 2. The second-order valence-electron chi connectivity index (χ2n) is 6.26. The van der Waals surface area contributed by atoms with Gasteiger partial charge in [-0.3, -0.25) is 10.1 Å². The van der Waals surface area contributed by atoms with E-state index in [1.54, 1.807) is 0 Å². The number of benzene rings is 1. The highest BCUT2D eigenvalue weighted by Gasteiger charge is 2.26. The van der Waals surface area contributed by atoms with Crippen molar-refractivity contribution in [1.29, 1.82) is 0 Å². The maximum Gasteiger partial charge on any atom is 0.319 e. The van der Waals surface area contributed by atoms with Gasteiger partial charge in [0.15, 0.2) is 0 Å². The number of carbonyl (C=O) groups is 2. The Morgan fingerprint density at radius 2 is 2.15 bits per heavy atom. The van der Waals surface area contributed by atoms with Crippen LogP contribution >= 0.6 is 11.5 Å². The molecule has 1 heterocycles. The second-order valence-corrected chi connectivity index (χ2v) is 7.03. The predicted molar refractivity (Wildman–Crippen MR) is 95.8 cm³/mol. The van der Waals surface area contributed by atoms with Crippen LogP contribution in [0.2, 0.25) is 0 Å². The number of nitrogens with two attached hydrogens (primary N) is 1. The molecule has 1 aromatic carbocycles. The van der Waals surface area contributed by atoms with E-state index in [4.69, 9.17) is 10.5 Å². The number of rotatable bonds is 7. The summed E-state index contributed by atoms with van der Waals surface area (Å²) in [6, 6.07) is 2.49. The van der Waals surface area contributed by atoms with E-state index in [0.29, 0.717) is 12.5 Å². The van der Waals surface area contributed by atoms with E-state index in [1.807, 2.05) is 0 Å². The maximum atomic E-state index is 13.9. The minimum absolute atomic E-state index is 0.0323. The normalized spacial score (nSPS) is 14.5. The third-order valence-electron chi connectivity index (χ3n) is 4.07. The summed E-state index contributed by atoms with van der Waals surface area (Å²) in [5.41, 5.74) is 5.23. The third-order valence-corrected chi connectivity index (χ3v) is 4.81. The number of anilines is 1. The number of urea groups is 1. The average molecular weight is 396 g/mol. The van der Waals surface area contributed by atoms with Crippen molar-refractivity contribution in [1.82, 2.24) is 9.69 Å². The zero-order chi connectivity index (χ0) is 19.6. The Morgan fingerprint density at radius 3 is 2.81 bits per heavy atom. The highest BCUT2D eigenvalue weighted by atomic mass is 32.1.